The van der Waals surface area contributed by atoms with E-state index < -0.39 is 0 Å². The van der Waals surface area contributed by atoms with Crippen LogP contribution in [0.15, 0.2) is 34.9 Å². The molecule has 0 unspecified atom stereocenters. The molecule has 0 bridgehead atoms. The Morgan fingerprint density at radius 2 is 1.86 bits per heavy atom. The van der Waals surface area contributed by atoms with E-state index >= 15 is 0 Å². The van der Waals surface area contributed by atoms with Crippen molar-refractivity contribution < 1.29 is 0 Å². The quantitative estimate of drug-likeness (QED) is 0.693. The van der Waals surface area contributed by atoms with Gasteiger partial charge in [0.1, 0.15) is 4.60 Å². The van der Waals surface area contributed by atoms with Crippen molar-refractivity contribution in [1.29, 1.82) is 0 Å². The normalized spacial score (nSPS) is 11.1. The molecule has 0 spiro atoms. The fraction of sp³-hybridized carbons (Fsp3) is 0.250. The van der Waals surface area contributed by atoms with Gasteiger partial charge in [-0.15, -0.1) is 0 Å². The highest BCUT2D eigenvalue weighted by Gasteiger charge is 2.01. The minimum Gasteiger partial charge on any atom is -0.241 e. The lowest BCUT2D eigenvalue weighted by Crippen LogP contribution is -1.88. The number of pyridine rings is 1. The van der Waals surface area contributed by atoms with Crippen LogP contribution in [-0.4, -0.2) is 4.98 Å². The summed E-state index contributed by atoms with van der Waals surface area (Å²) in [7, 11) is 0. The zero-order chi connectivity index (χ0) is 10.1. The lowest BCUT2D eigenvalue weighted by molar-refractivity contribution is 0.868. The molecular weight excluding hydrogens is 238 g/mol. The maximum atomic E-state index is 4.44. The van der Waals surface area contributed by atoms with Crippen LogP contribution < -0.4 is 0 Å². The largest absolute Gasteiger partial charge is 0.241 e. The Balaban J connectivity index is 2.63. The number of nitrogens with zero attached hydrogens (tertiary/aromatic N) is 1. The van der Waals surface area contributed by atoms with Gasteiger partial charge in [-0.2, -0.15) is 0 Å². The Morgan fingerprint density at radius 3 is 2.57 bits per heavy atom. The maximum Gasteiger partial charge on any atom is 0.106 e. The van der Waals surface area contributed by atoms with E-state index in [0.717, 1.165) is 10.1 Å². The lowest BCUT2D eigenvalue weighted by Gasteiger charge is -2.06. The molecule has 1 aromatic carbocycles. The molecule has 0 aliphatic rings. The van der Waals surface area contributed by atoms with Crippen molar-refractivity contribution in [2.24, 2.45) is 0 Å². The molecule has 0 aliphatic carbocycles. The molecular formula is C12H12BrN. The number of hydrogen-bond acceptors (Lipinski definition) is 1. The summed E-state index contributed by atoms with van der Waals surface area (Å²) in [6.07, 6.45) is 0. The zero-order valence-electron chi connectivity index (χ0n) is 8.29. The molecule has 2 aromatic rings. The number of fused-ring (bicyclic) bond motifs is 1. The van der Waals surface area contributed by atoms with Crippen molar-refractivity contribution in [3.05, 3.63) is 40.5 Å². The molecule has 0 atom stereocenters. The third-order valence-electron chi connectivity index (χ3n) is 2.35. The van der Waals surface area contributed by atoms with Gasteiger partial charge in [0.2, 0.25) is 0 Å². The summed E-state index contributed by atoms with van der Waals surface area (Å²) >= 11 is 3.38. The monoisotopic (exact) mass is 249 g/mol. The van der Waals surface area contributed by atoms with E-state index in [2.05, 4.69) is 59.0 Å². The summed E-state index contributed by atoms with van der Waals surface area (Å²) in [6, 6.07) is 10.5. The first kappa shape index (κ1) is 9.66. The zero-order valence-corrected chi connectivity index (χ0v) is 9.88. The molecule has 1 aromatic heterocycles. The van der Waals surface area contributed by atoms with Crippen molar-refractivity contribution in [1.82, 2.24) is 4.98 Å². The van der Waals surface area contributed by atoms with Crippen LogP contribution in [0.1, 0.15) is 25.3 Å². The van der Waals surface area contributed by atoms with Crippen LogP contribution in [0.2, 0.25) is 0 Å². The van der Waals surface area contributed by atoms with Gasteiger partial charge in [0.15, 0.2) is 0 Å². The van der Waals surface area contributed by atoms with Crippen molar-refractivity contribution in [3.63, 3.8) is 0 Å². The SMILES string of the molecule is CC(C)c1ccc2ccc(Br)nc2c1. The molecule has 0 saturated heterocycles. The number of benzene rings is 1. The minimum absolute atomic E-state index is 0.556. The van der Waals surface area contributed by atoms with E-state index in [0.29, 0.717) is 5.92 Å². The number of aromatic nitrogens is 1. The Bertz CT molecular complexity index is 463. The predicted molar refractivity (Wildman–Crippen MR) is 63.5 cm³/mol. The Hall–Kier alpha value is -0.890. The predicted octanol–water partition coefficient (Wildman–Crippen LogP) is 4.12. The van der Waals surface area contributed by atoms with Crippen molar-refractivity contribution in [3.8, 4) is 0 Å². The van der Waals surface area contributed by atoms with Crippen LogP contribution in [-0.2, 0) is 0 Å². The van der Waals surface area contributed by atoms with E-state index in [1.165, 1.54) is 10.9 Å². The van der Waals surface area contributed by atoms with Crippen LogP contribution in [0, 0.1) is 0 Å². The Kier molecular flexibility index (Phi) is 2.55. The molecule has 14 heavy (non-hydrogen) atoms. The molecule has 2 rings (SSSR count). The molecule has 2 heteroatoms. The van der Waals surface area contributed by atoms with Crippen LogP contribution in [0.25, 0.3) is 10.9 Å². The minimum atomic E-state index is 0.556. The summed E-state index contributed by atoms with van der Waals surface area (Å²) < 4.78 is 0.894. The molecule has 1 heterocycles. The van der Waals surface area contributed by atoms with Crippen LogP contribution in [0.3, 0.4) is 0 Å². The van der Waals surface area contributed by atoms with Gasteiger partial charge in [0.05, 0.1) is 5.52 Å². The smallest absolute Gasteiger partial charge is 0.106 e. The molecule has 0 amide bonds. The van der Waals surface area contributed by atoms with E-state index in [9.17, 15) is 0 Å². The average Bonchev–Trinajstić information content (AvgIpc) is 2.16. The van der Waals surface area contributed by atoms with Gasteiger partial charge in [-0.25, -0.2) is 4.98 Å². The molecule has 0 radical (unpaired) electrons. The standard InChI is InChI=1S/C12H12BrN/c1-8(2)10-4-3-9-5-6-12(13)14-11(9)7-10/h3-8H,1-2H3. The van der Waals surface area contributed by atoms with Crippen molar-refractivity contribution in [2.75, 3.05) is 0 Å². The average molecular weight is 250 g/mol. The van der Waals surface area contributed by atoms with Crippen LogP contribution in [0.5, 0.6) is 0 Å². The van der Waals surface area contributed by atoms with Crippen molar-refractivity contribution >= 4 is 26.8 Å². The Morgan fingerprint density at radius 1 is 1.14 bits per heavy atom. The first-order chi connectivity index (χ1) is 6.66. The Labute approximate surface area is 92.3 Å². The molecule has 0 saturated carbocycles. The van der Waals surface area contributed by atoms with Crippen LogP contribution in [0.4, 0.5) is 0 Å². The van der Waals surface area contributed by atoms with Gasteiger partial charge < -0.3 is 0 Å². The molecule has 72 valence electrons. The van der Waals surface area contributed by atoms with Gasteiger partial charge >= 0.3 is 0 Å². The molecule has 0 fully saturated rings. The van der Waals surface area contributed by atoms with E-state index in [4.69, 9.17) is 0 Å². The second kappa shape index (κ2) is 3.70. The summed E-state index contributed by atoms with van der Waals surface area (Å²) in [5.74, 6) is 0.556. The summed E-state index contributed by atoms with van der Waals surface area (Å²) in [6.45, 7) is 4.39. The number of rotatable bonds is 1. The highest BCUT2D eigenvalue weighted by molar-refractivity contribution is 9.10. The van der Waals surface area contributed by atoms with E-state index in [1.54, 1.807) is 0 Å². The van der Waals surface area contributed by atoms with Crippen molar-refractivity contribution in [2.45, 2.75) is 19.8 Å². The summed E-state index contributed by atoms with van der Waals surface area (Å²) in [5, 5.41) is 1.19. The number of hydrogen-bond donors (Lipinski definition) is 0. The van der Waals surface area contributed by atoms with Gasteiger partial charge in [-0.05, 0) is 39.5 Å². The second-order valence-corrected chi connectivity index (χ2v) is 4.55. The third kappa shape index (κ3) is 1.80. The molecule has 0 N–H and O–H groups in total. The summed E-state index contributed by atoms with van der Waals surface area (Å²) in [4.78, 5) is 4.44. The van der Waals surface area contributed by atoms with Gasteiger partial charge in [0.25, 0.3) is 0 Å². The third-order valence-corrected chi connectivity index (χ3v) is 2.79. The fourth-order valence-corrected chi connectivity index (χ4v) is 1.79. The maximum absolute atomic E-state index is 4.44. The van der Waals surface area contributed by atoms with Crippen LogP contribution >= 0.6 is 15.9 Å². The first-order valence-electron chi connectivity index (χ1n) is 4.73. The molecule has 0 aliphatic heterocycles. The van der Waals surface area contributed by atoms with Gasteiger partial charge in [0, 0.05) is 5.39 Å². The first-order valence-corrected chi connectivity index (χ1v) is 5.52. The van der Waals surface area contributed by atoms with E-state index in [-0.39, 0.29) is 0 Å². The number of halogens is 1. The summed E-state index contributed by atoms with van der Waals surface area (Å²) in [5.41, 5.74) is 2.40. The highest BCUT2D eigenvalue weighted by atomic mass is 79.9. The van der Waals surface area contributed by atoms with E-state index in [1.807, 2.05) is 6.07 Å². The fourth-order valence-electron chi connectivity index (χ4n) is 1.47. The lowest BCUT2D eigenvalue weighted by atomic mass is 10.0. The highest BCUT2D eigenvalue weighted by Crippen LogP contribution is 2.21. The topological polar surface area (TPSA) is 12.9 Å². The van der Waals surface area contributed by atoms with Gasteiger partial charge in [-0.3, -0.25) is 0 Å². The molecule has 1 nitrogen and oxygen atoms in total. The van der Waals surface area contributed by atoms with Gasteiger partial charge in [-0.1, -0.05) is 32.0 Å². The second-order valence-electron chi connectivity index (χ2n) is 3.74.